The Morgan fingerprint density at radius 1 is 0.281 bits per heavy atom. The fraction of sp³-hybridized carbons (Fsp3) is 0. The highest BCUT2D eigenvalue weighted by molar-refractivity contribution is 6.07. The van der Waals surface area contributed by atoms with Crippen molar-refractivity contribution >= 4 is 73.5 Å². The Hall–Kier alpha value is -12.4. The molecule has 12 aromatic carbocycles. The van der Waals surface area contributed by atoms with Crippen molar-refractivity contribution in [2.75, 3.05) is 9.80 Å². The number of benzene rings is 12. The maximum atomic E-state index is 12.2. The van der Waals surface area contributed by atoms with Gasteiger partial charge in [0.05, 0.1) is 11.1 Å². The van der Waals surface area contributed by atoms with Crippen LogP contribution in [-0.2, 0) is 4.79 Å². The summed E-state index contributed by atoms with van der Waals surface area (Å²) >= 11 is 0. The highest BCUT2D eigenvalue weighted by Gasteiger charge is 2.22. The van der Waals surface area contributed by atoms with Crippen LogP contribution in [0.25, 0.3) is 33.4 Å². The van der Waals surface area contributed by atoms with E-state index in [0.29, 0.717) is 16.9 Å². The fourth-order valence-electron chi connectivity index (χ4n) is 11.4. The van der Waals surface area contributed by atoms with Crippen molar-refractivity contribution in [1.82, 2.24) is 0 Å². The minimum absolute atomic E-state index is 0.243. The maximum absolute atomic E-state index is 12.2. The first kappa shape index (κ1) is 57.1. The van der Waals surface area contributed by atoms with Crippen molar-refractivity contribution in [3.8, 4) is 17.9 Å². The minimum Gasteiger partial charge on any atom is -0.423 e. The first-order chi connectivity index (χ1) is 44.0. The van der Waals surface area contributed by atoms with Crippen molar-refractivity contribution in [1.29, 1.82) is 10.5 Å². The van der Waals surface area contributed by atoms with E-state index in [1.54, 1.807) is 12.1 Å². The number of rotatable bonds is 18. The number of nitrogens with zero attached hydrogens (tertiary/aromatic N) is 4. The smallest absolute Gasteiger partial charge is 0.335 e. The van der Waals surface area contributed by atoms with Crippen LogP contribution in [0.3, 0.4) is 0 Å². The molecule has 0 unspecified atom stereocenters. The Bertz CT molecular complexity index is 4490. The molecule has 0 aliphatic rings. The third kappa shape index (κ3) is 12.7. The SMILES string of the molecule is C=CC(=O)Oc1ccc(N(c2ccc(C(=C(c3ccccc3)c3ccccc3)c3ccccc3)cc2)c2ccc(/C(C#N)=C(\C#N)c3ccc(N(c4ccccc4)c4ccc(C(=C(c5ccccc5)c5ccccc5)c5ccccc5)cc4)cc3)cc2)cc1. The van der Waals surface area contributed by atoms with Crippen LogP contribution in [0.15, 0.2) is 346 Å². The van der Waals surface area contributed by atoms with Gasteiger partial charge in [-0.25, -0.2) is 4.79 Å². The number of hydrogen-bond acceptors (Lipinski definition) is 6. The lowest BCUT2D eigenvalue weighted by Crippen LogP contribution is -2.10. The number of carbonyl (C=O) groups excluding carboxylic acids is 1. The van der Waals surface area contributed by atoms with Crippen LogP contribution < -0.4 is 14.5 Å². The molecule has 0 radical (unpaired) electrons. The Morgan fingerprint density at radius 3 is 0.719 bits per heavy atom. The highest BCUT2D eigenvalue weighted by atomic mass is 16.5. The molecule has 6 heteroatoms. The summed E-state index contributed by atoms with van der Waals surface area (Å²) in [6.07, 6.45) is 1.13. The molecule has 0 saturated heterocycles. The predicted octanol–water partition coefficient (Wildman–Crippen LogP) is 20.7. The molecular formula is C83H58N4O2. The number of nitriles is 2. The highest BCUT2D eigenvalue weighted by Crippen LogP contribution is 2.43. The molecule has 422 valence electrons. The predicted molar refractivity (Wildman–Crippen MR) is 365 cm³/mol. The molecule has 0 aromatic heterocycles. The average molecular weight is 1140 g/mol. The number of esters is 1. The van der Waals surface area contributed by atoms with Gasteiger partial charge in [0, 0.05) is 40.2 Å². The zero-order chi connectivity index (χ0) is 60.7. The van der Waals surface area contributed by atoms with Crippen molar-refractivity contribution in [2.45, 2.75) is 0 Å². The first-order valence-electron chi connectivity index (χ1n) is 29.3. The summed E-state index contributed by atoms with van der Waals surface area (Å²) in [4.78, 5) is 16.5. The third-order valence-electron chi connectivity index (χ3n) is 15.5. The molecule has 0 amide bonds. The molecule has 0 saturated carbocycles. The topological polar surface area (TPSA) is 80.4 Å². The second-order valence-electron chi connectivity index (χ2n) is 21.0. The van der Waals surface area contributed by atoms with Gasteiger partial charge < -0.3 is 14.5 Å². The number of hydrogen-bond donors (Lipinski definition) is 0. The van der Waals surface area contributed by atoms with E-state index in [2.05, 4.69) is 235 Å². The van der Waals surface area contributed by atoms with Crippen LogP contribution in [0, 0.1) is 22.7 Å². The number of para-hydroxylation sites is 1. The molecular weight excluding hydrogens is 1080 g/mol. The fourth-order valence-corrected chi connectivity index (χ4v) is 11.4. The summed E-state index contributed by atoms with van der Waals surface area (Å²) in [5.74, 6) is -0.177. The zero-order valence-corrected chi connectivity index (χ0v) is 48.6. The van der Waals surface area contributed by atoms with Crippen molar-refractivity contribution < 1.29 is 9.53 Å². The lowest BCUT2D eigenvalue weighted by atomic mass is 9.86. The Morgan fingerprint density at radius 2 is 0.483 bits per heavy atom. The van der Waals surface area contributed by atoms with Crippen LogP contribution >= 0.6 is 0 Å². The maximum Gasteiger partial charge on any atom is 0.335 e. The van der Waals surface area contributed by atoms with Crippen LogP contribution in [-0.4, -0.2) is 5.97 Å². The first-order valence-corrected chi connectivity index (χ1v) is 29.3. The van der Waals surface area contributed by atoms with Gasteiger partial charge in [0.1, 0.15) is 17.9 Å². The molecule has 89 heavy (non-hydrogen) atoms. The molecule has 0 fully saturated rings. The van der Waals surface area contributed by atoms with Gasteiger partial charge in [0.2, 0.25) is 0 Å². The molecule has 0 aliphatic heterocycles. The van der Waals surface area contributed by atoms with Crippen molar-refractivity contribution in [3.63, 3.8) is 0 Å². The number of allylic oxidation sites excluding steroid dienone is 2. The van der Waals surface area contributed by atoms with Crippen molar-refractivity contribution in [2.24, 2.45) is 0 Å². The van der Waals surface area contributed by atoms with E-state index in [4.69, 9.17) is 4.74 Å². The van der Waals surface area contributed by atoms with E-state index in [1.165, 1.54) is 0 Å². The summed E-state index contributed by atoms with van der Waals surface area (Å²) in [6, 6.07) is 118. The van der Waals surface area contributed by atoms with E-state index in [-0.39, 0.29) is 11.1 Å². The number of ether oxygens (including phenoxy) is 1. The summed E-state index contributed by atoms with van der Waals surface area (Å²) in [5.41, 5.74) is 20.1. The second-order valence-corrected chi connectivity index (χ2v) is 21.0. The van der Waals surface area contributed by atoms with Crippen LogP contribution in [0.5, 0.6) is 5.75 Å². The molecule has 6 nitrogen and oxygen atoms in total. The lowest BCUT2D eigenvalue weighted by Gasteiger charge is -2.26. The van der Waals surface area contributed by atoms with Gasteiger partial charge in [-0.2, -0.15) is 10.5 Å². The molecule has 0 bridgehead atoms. The van der Waals surface area contributed by atoms with E-state index < -0.39 is 5.97 Å². The molecule has 0 atom stereocenters. The monoisotopic (exact) mass is 1140 g/mol. The largest absolute Gasteiger partial charge is 0.423 e. The average Bonchev–Trinajstić information content (AvgIpc) is 2.56. The number of anilines is 6. The normalized spacial score (nSPS) is 10.9. The van der Waals surface area contributed by atoms with Crippen LogP contribution in [0.2, 0.25) is 0 Å². The Kier molecular flexibility index (Phi) is 17.4. The lowest BCUT2D eigenvalue weighted by molar-refractivity contribution is -0.128. The summed E-state index contributed by atoms with van der Waals surface area (Å²) in [7, 11) is 0. The molecule has 0 aliphatic carbocycles. The summed E-state index contributed by atoms with van der Waals surface area (Å²) < 4.78 is 5.48. The van der Waals surface area contributed by atoms with Gasteiger partial charge in [0.25, 0.3) is 0 Å². The van der Waals surface area contributed by atoms with E-state index in [9.17, 15) is 15.3 Å². The Labute approximate surface area is 520 Å². The summed E-state index contributed by atoms with van der Waals surface area (Å²) in [6.45, 7) is 3.56. The van der Waals surface area contributed by atoms with E-state index in [0.717, 1.165) is 107 Å². The molecule has 0 heterocycles. The van der Waals surface area contributed by atoms with Crippen molar-refractivity contribution in [3.05, 3.63) is 402 Å². The van der Waals surface area contributed by atoms with Gasteiger partial charge in [-0.3, -0.25) is 0 Å². The quantitative estimate of drug-likeness (QED) is 0.0280. The van der Waals surface area contributed by atoms with Gasteiger partial charge in [-0.05, 0) is 163 Å². The van der Waals surface area contributed by atoms with Gasteiger partial charge >= 0.3 is 5.97 Å². The zero-order valence-electron chi connectivity index (χ0n) is 48.6. The summed E-state index contributed by atoms with van der Waals surface area (Å²) in [5, 5.41) is 21.9. The van der Waals surface area contributed by atoms with Gasteiger partial charge in [0.15, 0.2) is 0 Å². The molecule has 0 spiro atoms. The van der Waals surface area contributed by atoms with Crippen LogP contribution in [0.4, 0.5) is 34.1 Å². The third-order valence-corrected chi connectivity index (χ3v) is 15.5. The second kappa shape index (κ2) is 27.1. The molecule has 0 N–H and O–H groups in total. The van der Waals surface area contributed by atoms with Crippen LogP contribution in [0.1, 0.15) is 55.6 Å². The molecule has 12 aromatic rings. The van der Waals surface area contributed by atoms with E-state index >= 15 is 0 Å². The standard InChI is InChI=1S/C83H58N4O2/c1-2-79(88)89-76-56-54-75(55-57-76)87(74-52-44-69(45-53-74)83(67-34-20-8-21-35-67)81(64-28-14-5-15-29-64)65-30-16-6-17-31-65)72-48-40-61(41-49-72)78(59-85)77(58-84)60-38-46-71(47-39-60)86(70-36-22-9-23-37-70)73-50-42-68(43-51-73)82(66-32-18-7-19-33-66)80(62-24-10-3-11-25-62)63-26-12-4-13-27-63/h2-57H,1H2/b78-77+. The molecule has 12 rings (SSSR count). The number of carbonyl (C=O) groups is 1. The van der Waals surface area contributed by atoms with Gasteiger partial charge in [-0.1, -0.05) is 255 Å². The van der Waals surface area contributed by atoms with E-state index in [1.807, 2.05) is 115 Å². The minimum atomic E-state index is -0.554. The Balaban J connectivity index is 0.891. The van der Waals surface area contributed by atoms with Gasteiger partial charge in [-0.15, -0.1) is 0 Å².